The number of ether oxygens (including phenoxy) is 1. The van der Waals surface area contributed by atoms with Crippen LogP contribution in [0.15, 0.2) is 36.4 Å². The second-order valence-electron chi connectivity index (χ2n) is 4.45. The molecule has 0 bridgehead atoms. The Kier molecular flexibility index (Phi) is 5.74. The number of halogens is 2. The third kappa shape index (κ3) is 4.23. The van der Waals surface area contributed by atoms with Gasteiger partial charge in [0.05, 0.1) is 11.4 Å². The molecule has 2 rings (SSSR count). The zero-order valence-corrected chi connectivity index (χ0v) is 13.9. The van der Waals surface area contributed by atoms with Crippen LogP contribution < -0.4 is 4.74 Å². The Morgan fingerprint density at radius 3 is 2.63 bits per heavy atom. The average molecular weight is 360 g/mol. The Morgan fingerprint density at radius 2 is 2.00 bits per heavy atom. The number of hydrogen-bond acceptors (Lipinski definition) is 2. The smallest absolute Gasteiger partial charge is 0.122 e. The van der Waals surface area contributed by atoms with Gasteiger partial charge in [-0.05, 0) is 42.5 Å². The maximum atomic E-state index is 5.98. The van der Waals surface area contributed by atoms with Crippen LogP contribution in [-0.2, 0) is 12.8 Å². The molecule has 19 heavy (non-hydrogen) atoms. The van der Waals surface area contributed by atoms with Gasteiger partial charge in [-0.1, -0.05) is 45.7 Å². The molecule has 0 fully saturated rings. The van der Waals surface area contributed by atoms with Crippen molar-refractivity contribution in [2.24, 2.45) is 5.92 Å². The molecule has 0 aliphatic carbocycles. The second-order valence-corrected chi connectivity index (χ2v) is 6.89. The Bertz CT molecular complexity index is 526. The average Bonchev–Trinajstić information content (AvgIpc) is 2.84. The number of methoxy groups -OCH3 is 1. The van der Waals surface area contributed by atoms with Gasteiger partial charge in [0, 0.05) is 10.2 Å². The molecule has 1 aromatic carbocycles. The molecule has 1 nitrogen and oxygen atoms in total. The predicted molar refractivity (Wildman–Crippen MR) is 87.0 cm³/mol. The van der Waals surface area contributed by atoms with Gasteiger partial charge < -0.3 is 4.74 Å². The van der Waals surface area contributed by atoms with Gasteiger partial charge in [0.25, 0.3) is 0 Å². The standard InChI is InChI=1S/C15H16BrClOS/c1-18-14-5-3-2-4-12(14)8-11(10-16)9-13-6-7-15(17)19-13/h2-7,11H,8-10H2,1H3. The zero-order valence-electron chi connectivity index (χ0n) is 10.7. The summed E-state index contributed by atoms with van der Waals surface area (Å²) in [6, 6.07) is 12.3. The summed E-state index contributed by atoms with van der Waals surface area (Å²) >= 11 is 11.3. The molecule has 0 spiro atoms. The van der Waals surface area contributed by atoms with Crippen molar-refractivity contribution in [3.8, 4) is 5.75 Å². The number of thiophene rings is 1. The fourth-order valence-electron chi connectivity index (χ4n) is 2.11. The Hall–Kier alpha value is -0.510. The molecular formula is C15H16BrClOS. The first-order valence-electron chi connectivity index (χ1n) is 6.15. The van der Waals surface area contributed by atoms with Crippen LogP contribution in [0.25, 0.3) is 0 Å². The van der Waals surface area contributed by atoms with Crippen molar-refractivity contribution in [1.82, 2.24) is 0 Å². The van der Waals surface area contributed by atoms with E-state index in [-0.39, 0.29) is 0 Å². The molecule has 0 radical (unpaired) electrons. The normalized spacial score (nSPS) is 12.4. The summed E-state index contributed by atoms with van der Waals surface area (Å²) < 4.78 is 6.27. The maximum Gasteiger partial charge on any atom is 0.122 e. The number of hydrogen-bond donors (Lipinski definition) is 0. The van der Waals surface area contributed by atoms with Crippen LogP contribution in [0.2, 0.25) is 4.34 Å². The van der Waals surface area contributed by atoms with E-state index in [0.717, 1.165) is 28.3 Å². The molecule has 0 aliphatic rings. The van der Waals surface area contributed by atoms with Crippen LogP contribution in [-0.4, -0.2) is 12.4 Å². The first-order valence-corrected chi connectivity index (χ1v) is 8.46. The van der Waals surface area contributed by atoms with Crippen LogP contribution in [0, 0.1) is 5.92 Å². The van der Waals surface area contributed by atoms with Gasteiger partial charge in [0.1, 0.15) is 5.75 Å². The summed E-state index contributed by atoms with van der Waals surface area (Å²) in [6.45, 7) is 0. The lowest BCUT2D eigenvalue weighted by atomic mass is 9.97. The van der Waals surface area contributed by atoms with E-state index >= 15 is 0 Å². The van der Waals surface area contributed by atoms with E-state index in [4.69, 9.17) is 16.3 Å². The largest absolute Gasteiger partial charge is 0.496 e. The Labute approximate surface area is 131 Å². The molecule has 1 atom stereocenters. The Morgan fingerprint density at radius 1 is 1.21 bits per heavy atom. The lowest BCUT2D eigenvalue weighted by Crippen LogP contribution is -2.10. The molecule has 0 saturated heterocycles. The molecule has 1 unspecified atom stereocenters. The van der Waals surface area contributed by atoms with E-state index in [1.807, 2.05) is 18.2 Å². The number of alkyl halides is 1. The van der Waals surface area contributed by atoms with Gasteiger partial charge in [-0.2, -0.15) is 0 Å². The summed E-state index contributed by atoms with van der Waals surface area (Å²) in [4.78, 5) is 1.34. The first-order chi connectivity index (χ1) is 9.22. The van der Waals surface area contributed by atoms with Gasteiger partial charge in [0.2, 0.25) is 0 Å². The third-order valence-electron chi connectivity index (χ3n) is 3.04. The quantitative estimate of drug-likeness (QED) is 0.644. The minimum absolute atomic E-state index is 0.547. The molecule has 0 aliphatic heterocycles. The fourth-order valence-corrected chi connectivity index (χ4v) is 3.77. The van der Waals surface area contributed by atoms with Gasteiger partial charge in [-0.15, -0.1) is 11.3 Å². The van der Waals surface area contributed by atoms with Crippen LogP contribution in [0.1, 0.15) is 10.4 Å². The predicted octanol–water partition coefficient (Wildman–Crippen LogP) is 5.21. The summed E-state index contributed by atoms with van der Waals surface area (Å²) in [7, 11) is 1.72. The topological polar surface area (TPSA) is 9.23 Å². The van der Waals surface area contributed by atoms with Crippen LogP contribution in [0.4, 0.5) is 0 Å². The van der Waals surface area contributed by atoms with Crippen molar-refractivity contribution in [2.45, 2.75) is 12.8 Å². The Balaban J connectivity index is 2.06. The van der Waals surface area contributed by atoms with Gasteiger partial charge >= 0.3 is 0 Å². The van der Waals surface area contributed by atoms with E-state index < -0.39 is 0 Å². The summed E-state index contributed by atoms with van der Waals surface area (Å²) in [5.41, 5.74) is 1.26. The van der Waals surface area contributed by atoms with Crippen molar-refractivity contribution >= 4 is 38.9 Å². The number of benzene rings is 1. The minimum atomic E-state index is 0.547. The summed E-state index contributed by atoms with van der Waals surface area (Å²) in [5.74, 6) is 1.52. The minimum Gasteiger partial charge on any atom is -0.496 e. The molecule has 4 heteroatoms. The lowest BCUT2D eigenvalue weighted by Gasteiger charge is -2.15. The summed E-state index contributed by atoms with van der Waals surface area (Å²) in [6.07, 6.45) is 2.05. The van der Waals surface area contributed by atoms with E-state index in [2.05, 4.69) is 34.1 Å². The lowest BCUT2D eigenvalue weighted by molar-refractivity contribution is 0.406. The van der Waals surface area contributed by atoms with E-state index in [0.29, 0.717) is 5.92 Å². The molecule has 0 N–H and O–H groups in total. The van der Waals surface area contributed by atoms with Crippen molar-refractivity contribution < 1.29 is 4.74 Å². The third-order valence-corrected chi connectivity index (χ3v) is 5.21. The van der Waals surface area contributed by atoms with Gasteiger partial charge in [-0.3, -0.25) is 0 Å². The van der Waals surface area contributed by atoms with Crippen LogP contribution in [0.3, 0.4) is 0 Å². The van der Waals surface area contributed by atoms with Crippen molar-refractivity contribution in [3.63, 3.8) is 0 Å². The monoisotopic (exact) mass is 358 g/mol. The highest BCUT2D eigenvalue weighted by atomic mass is 79.9. The highest BCUT2D eigenvalue weighted by Crippen LogP contribution is 2.28. The van der Waals surface area contributed by atoms with E-state index in [1.54, 1.807) is 18.4 Å². The molecule has 1 heterocycles. The van der Waals surface area contributed by atoms with Crippen molar-refractivity contribution in [2.75, 3.05) is 12.4 Å². The maximum absolute atomic E-state index is 5.98. The number of rotatable bonds is 6. The SMILES string of the molecule is COc1ccccc1CC(CBr)Cc1ccc(Cl)s1. The zero-order chi connectivity index (χ0) is 13.7. The van der Waals surface area contributed by atoms with Crippen molar-refractivity contribution in [1.29, 1.82) is 0 Å². The highest BCUT2D eigenvalue weighted by Gasteiger charge is 2.13. The van der Waals surface area contributed by atoms with Gasteiger partial charge in [0.15, 0.2) is 0 Å². The molecule has 2 aromatic rings. The molecule has 102 valence electrons. The van der Waals surface area contributed by atoms with E-state index in [1.165, 1.54) is 10.4 Å². The van der Waals surface area contributed by atoms with E-state index in [9.17, 15) is 0 Å². The molecular weight excluding hydrogens is 344 g/mol. The number of para-hydroxylation sites is 1. The molecule has 1 aromatic heterocycles. The van der Waals surface area contributed by atoms with Gasteiger partial charge in [-0.25, -0.2) is 0 Å². The van der Waals surface area contributed by atoms with Crippen LogP contribution in [0.5, 0.6) is 5.75 Å². The summed E-state index contributed by atoms with van der Waals surface area (Å²) in [5, 5.41) is 0.973. The fraction of sp³-hybridized carbons (Fsp3) is 0.333. The molecule has 0 amide bonds. The van der Waals surface area contributed by atoms with Crippen LogP contribution >= 0.6 is 38.9 Å². The molecule has 0 saturated carbocycles. The first kappa shape index (κ1) is 14.9. The second kappa shape index (κ2) is 7.32. The van der Waals surface area contributed by atoms with Crippen molar-refractivity contribution in [3.05, 3.63) is 51.2 Å². The highest BCUT2D eigenvalue weighted by molar-refractivity contribution is 9.09.